The third-order valence-electron chi connectivity index (χ3n) is 2.68. The molecule has 3 nitrogen and oxygen atoms in total. The molecule has 88 valence electrons. The number of amides is 1. The fourth-order valence-electron chi connectivity index (χ4n) is 1.08. The zero-order valence-corrected chi connectivity index (χ0v) is 9.75. The minimum atomic E-state index is -0.495. The number of carbonyl (C=O) groups excluding carboxylic acids is 1. The molecule has 0 aliphatic rings. The van der Waals surface area contributed by atoms with Crippen LogP contribution in [0.25, 0.3) is 0 Å². The second-order valence-corrected chi connectivity index (χ2v) is 4.47. The molecule has 0 spiro atoms. The summed E-state index contributed by atoms with van der Waals surface area (Å²) in [6.07, 6.45) is 0. The second kappa shape index (κ2) is 4.61. The summed E-state index contributed by atoms with van der Waals surface area (Å²) in [5.74, 6) is -0.606. The molecule has 1 aromatic rings. The predicted molar refractivity (Wildman–Crippen MR) is 61.6 cm³/mol. The van der Waals surface area contributed by atoms with Crippen LogP contribution in [0, 0.1) is 5.82 Å². The Kier molecular flexibility index (Phi) is 3.65. The standard InChI is InChI=1S/C12H17FN2O/c1-8(14)12(2,3)15-11(16)9-4-6-10(13)7-5-9/h4-8H,14H2,1-3H3,(H,15,16). The Hall–Kier alpha value is -1.42. The Labute approximate surface area is 94.8 Å². The highest BCUT2D eigenvalue weighted by Gasteiger charge is 2.25. The number of halogens is 1. The van der Waals surface area contributed by atoms with E-state index in [0.29, 0.717) is 5.56 Å². The maximum atomic E-state index is 12.7. The van der Waals surface area contributed by atoms with Gasteiger partial charge in [0.15, 0.2) is 0 Å². The lowest BCUT2D eigenvalue weighted by molar-refractivity contribution is 0.0903. The molecular formula is C12H17FN2O. The predicted octanol–water partition coefficient (Wildman–Crippen LogP) is 1.68. The van der Waals surface area contributed by atoms with Crippen LogP contribution in [0.15, 0.2) is 24.3 Å². The number of carbonyl (C=O) groups is 1. The lowest BCUT2D eigenvalue weighted by Crippen LogP contribution is -2.54. The van der Waals surface area contributed by atoms with Gasteiger partial charge in [0.05, 0.1) is 0 Å². The Balaban J connectivity index is 2.77. The van der Waals surface area contributed by atoms with Crippen molar-refractivity contribution in [3.05, 3.63) is 35.6 Å². The van der Waals surface area contributed by atoms with Gasteiger partial charge in [-0.05, 0) is 45.0 Å². The van der Waals surface area contributed by atoms with Crippen molar-refractivity contribution >= 4 is 5.91 Å². The Morgan fingerprint density at radius 1 is 1.38 bits per heavy atom. The molecule has 1 rings (SSSR count). The molecule has 4 heteroatoms. The normalized spacial score (nSPS) is 13.3. The molecular weight excluding hydrogens is 207 g/mol. The van der Waals surface area contributed by atoms with E-state index in [2.05, 4.69) is 5.32 Å². The summed E-state index contributed by atoms with van der Waals surface area (Å²) in [5, 5.41) is 2.81. The summed E-state index contributed by atoms with van der Waals surface area (Å²) < 4.78 is 12.7. The van der Waals surface area contributed by atoms with Crippen LogP contribution in [0.4, 0.5) is 4.39 Å². The smallest absolute Gasteiger partial charge is 0.251 e. The Morgan fingerprint density at radius 2 is 1.88 bits per heavy atom. The number of hydrogen-bond acceptors (Lipinski definition) is 2. The van der Waals surface area contributed by atoms with E-state index in [0.717, 1.165) is 0 Å². The fraction of sp³-hybridized carbons (Fsp3) is 0.417. The fourth-order valence-corrected chi connectivity index (χ4v) is 1.08. The summed E-state index contributed by atoms with van der Waals surface area (Å²) in [5.41, 5.74) is 5.68. The molecule has 0 fully saturated rings. The van der Waals surface area contributed by atoms with Gasteiger partial charge in [-0.1, -0.05) is 0 Å². The van der Waals surface area contributed by atoms with Gasteiger partial charge in [-0.3, -0.25) is 4.79 Å². The van der Waals surface area contributed by atoms with Gasteiger partial charge in [-0.25, -0.2) is 4.39 Å². The van der Waals surface area contributed by atoms with Crippen LogP contribution < -0.4 is 11.1 Å². The first-order valence-electron chi connectivity index (χ1n) is 5.16. The first kappa shape index (κ1) is 12.6. The first-order valence-corrected chi connectivity index (χ1v) is 5.16. The zero-order valence-electron chi connectivity index (χ0n) is 9.75. The van der Waals surface area contributed by atoms with E-state index in [-0.39, 0.29) is 17.8 Å². The van der Waals surface area contributed by atoms with Crippen LogP contribution in [0.2, 0.25) is 0 Å². The van der Waals surface area contributed by atoms with E-state index in [1.165, 1.54) is 24.3 Å². The Morgan fingerprint density at radius 3 is 2.31 bits per heavy atom. The van der Waals surface area contributed by atoms with Gasteiger partial charge in [0.1, 0.15) is 5.82 Å². The van der Waals surface area contributed by atoms with Crippen LogP contribution >= 0.6 is 0 Å². The van der Waals surface area contributed by atoms with Crippen LogP contribution in [0.3, 0.4) is 0 Å². The van der Waals surface area contributed by atoms with E-state index < -0.39 is 5.54 Å². The lowest BCUT2D eigenvalue weighted by atomic mass is 9.96. The van der Waals surface area contributed by atoms with Crippen molar-refractivity contribution in [2.45, 2.75) is 32.4 Å². The lowest BCUT2D eigenvalue weighted by Gasteiger charge is -2.30. The second-order valence-electron chi connectivity index (χ2n) is 4.47. The first-order chi connectivity index (χ1) is 7.33. The number of nitrogens with two attached hydrogens (primary N) is 1. The van der Waals surface area contributed by atoms with Gasteiger partial charge in [0.25, 0.3) is 5.91 Å². The van der Waals surface area contributed by atoms with Gasteiger partial charge in [0.2, 0.25) is 0 Å². The van der Waals surface area contributed by atoms with E-state index in [1.807, 2.05) is 20.8 Å². The average Bonchev–Trinajstić information content (AvgIpc) is 2.17. The summed E-state index contributed by atoms with van der Waals surface area (Å²) in [6.45, 7) is 5.52. The highest BCUT2D eigenvalue weighted by molar-refractivity contribution is 5.94. The van der Waals surface area contributed by atoms with E-state index in [9.17, 15) is 9.18 Å². The van der Waals surface area contributed by atoms with Crippen molar-refractivity contribution < 1.29 is 9.18 Å². The maximum absolute atomic E-state index is 12.7. The van der Waals surface area contributed by atoms with Crippen molar-refractivity contribution in [2.24, 2.45) is 5.73 Å². The molecule has 0 bridgehead atoms. The molecule has 0 saturated carbocycles. The number of hydrogen-bond donors (Lipinski definition) is 2. The van der Waals surface area contributed by atoms with Gasteiger partial charge >= 0.3 is 0 Å². The van der Waals surface area contributed by atoms with Crippen molar-refractivity contribution in [2.75, 3.05) is 0 Å². The summed E-state index contributed by atoms with van der Waals surface area (Å²) in [6, 6.07) is 5.24. The van der Waals surface area contributed by atoms with Gasteiger partial charge < -0.3 is 11.1 Å². The molecule has 1 atom stereocenters. The quantitative estimate of drug-likeness (QED) is 0.820. The maximum Gasteiger partial charge on any atom is 0.251 e. The topological polar surface area (TPSA) is 55.1 Å². The largest absolute Gasteiger partial charge is 0.346 e. The highest BCUT2D eigenvalue weighted by Crippen LogP contribution is 2.09. The van der Waals surface area contributed by atoms with E-state index in [4.69, 9.17) is 5.73 Å². The highest BCUT2D eigenvalue weighted by atomic mass is 19.1. The zero-order chi connectivity index (χ0) is 12.3. The molecule has 0 aliphatic heterocycles. The molecule has 0 aliphatic carbocycles. The van der Waals surface area contributed by atoms with Gasteiger partial charge in [-0.15, -0.1) is 0 Å². The SMILES string of the molecule is CC(N)C(C)(C)NC(=O)c1ccc(F)cc1. The number of rotatable bonds is 3. The number of benzene rings is 1. The minimum absolute atomic E-state index is 0.170. The summed E-state index contributed by atoms with van der Waals surface area (Å²) in [4.78, 5) is 11.8. The molecule has 0 radical (unpaired) electrons. The monoisotopic (exact) mass is 224 g/mol. The minimum Gasteiger partial charge on any atom is -0.346 e. The third kappa shape index (κ3) is 3.03. The molecule has 0 saturated heterocycles. The van der Waals surface area contributed by atoms with Crippen LogP contribution in [-0.4, -0.2) is 17.5 Å². The molecule has 16 heavy (non-hydrogen) atoms. The van der Waals surface area contributed by atoms with Gasteiger partial charge in [0, 0.05) is 17.1 Å². The van der Waals surface area contributed by atoms with Crippen molar-refractivity contribution in [1.29, 1.82) is 0 Å². The van der Waals surface area contributed by atoms with Crippen LogP contribution in [0.5, 0.6) is 0 Å². The van der Waals surface area contributed by atoms with Gasteiger partial charge in [-0.2, -0.15) is 0 Å². The molecule has 1 aromatic carbocycles. The Bertz CT molecular complexity index is 371. The average molecular weight is 224 g/mol. The van der Waals surface area contributed by atoms with E-state index >= 15 is 0 Å². The molecule has 0 aromatic heterocycles. The molecule has 1 unspecified atom stereocenters. The van der Waals surface area contributed by atoms with Crippen molar-refractivity contribution in [3.63, 3.8) is 0 Å². The molecule has 0 heterocycles. The van der Waals surface area contributed by atoms with Crippen LogP contribution in [0.1, 0.15) is 31.1 Å². The molecule has 3 N–H and O–H groups in total. The van der Waals surface area contributed by atoms with E-state index in [1.54, 1.807) is 0 Å². The van der Waals surface area contributed by atoms with Crippen molar-refractivity contribution in [1.82, 2.24) is 5.32 Å². The summed E-state index contributed by atoms with van der Waals surface area (Å²) in [7, 11) is 0. The molecule has 1 amide bonds. The number of nitrogens with one attached hydrogen (secondary N) is 1. The third-order valence-corrected chi connectivity index (χ3v) is 2.68. The summed E-state index contributed by atoms with van der Waals surface area (Å²) >= 11 is 0. The van der Waals surface area contributed by atoms with Crippen LogP contribution in [-0.2, 0) is 0 Å². The van der Waals surface area contributed by atoms with Crippen molar-refractivity contribution in [3.8, 4) is 0 Å².